The van der Waals surface area contributed by atoms with Crippen LogP contribution in [0.1, 0.15) is 83.4 Å². The number of alkyl halides is 3. The zero-order valence-corrected chi connectivity index (χ0v) is 38.7. The fraction of sp³-hybridized carbons (Fsp3) is 0.200. The maximum Gasteiger partial charge on any atom is 0.416 e. The third kappa shape index (κ3) is 6.72. The molecule has 0 fully saturated rings. The van der Waals surface area contributed by atoms with Gasteiger partial charge in [-0.3, -0.25) is 0 Å². The van der Waals surface area contributed by atoms with Gasteiger partial charge in [-0.2, -0.15) is 13.2 Å². The van der Waals surface area contributed by atoms with E-state index >= 15 is 0 Å². The van der Waals surface area contributed by atoms with Gasteiger partial charge in [0.15, 0.2) is 11.0 Å². The molecule has 1 aliphatic rings. The van der Waals surface area contributed by atoms with Gasteiger partial charge in [-0.05, 0) is 113 Å². The highest BCUT2D eigenvalue weighted by Crippen LogP contribution is 2.49. The average molecular weight is 889 g/mol. The fourth-order valence-corrected chi connectivity index (χ4v) is 10.6. The normalized spacial score (nSPS) is 15.4. The van der Waals surface area contributed by atoms with Crippen LogP contribution < -0.4 is 20.4 Å². The van der Waals surface area contributed by atoms with Crippen molar-refractivity contribution in [2.24, 2.45) is 5.92 Å². The lowest BCUT2D eigenvalue weighted by Gasteiger charge is -2.33. The topological polar surface area (TPSA) is 32.8 Å². The highest BCUT2D eigenvalue weighted by Gasteiger charge is 2.31. The van der Waals surface area contributed by atoms with Gasteiger partial charge in [0.05, 0.1) is 28.3 Å². The third-order valence-corrected chi connectivity index (χ3v) is 14.0. The van der Waals surface area contributed by atoms with Crippen LogP contribution >= 0.6 is 0 Å². The van der Waals surface area contributed by atoms with Crippen LogP contribution in [0.15, 0.2) is 160 Å². The van der Waals surface area contributed by atoms with Gasteiger partial charge in [-0.25, -0.2) is 0 Å². The summed E-state index contributed by atoms with van der Waals surface area (Å²) in [6.45, 7) is 15.0. The van der Waals surface area contributed by atoms with E-state index in [0.717, 1.165) is 117 Å². The first-order valence-electron chi connectivity index (χ1n) is 23.3. The Balaban J connectivity index is 1.19. The van der Waals surface area contributed by atoms with Crippen molar-refractivity contribution in [2.45, 2.75) is 72.9 Å². The number of benzene rings is 8. The van der Waals surface area contributed by atoms with Crippen molar-refractivity contribution < 1.29 is 22.0 Å². The quantitative estimate of drug-likeness (QED) is 0.142. The van der Waals surface area contributed by atoms with Crippen LogP contribution in [0.5, 0.6) is 0 Å². The molecule has 0 saturated heterocycles. The van der Waals surface area contributed by atoms with E-state index in [4.69, 9.17) is 8.83 Å². The summed E-state index contributed by atoms with van der Waals surface area (Å²) in [7, 11) is 0. The molecule has 67 heavy (non-hydrogen) atoms. The van der Waals surface area contributed by atoms with Crippen molar-refractivity contribution in [2.75, 3.05) is 9.80 Å². The van der Waals surface area contributed by atoms with Crippen molar-refractivity contribution in [1.29, 1.82) is 0 Å². The summed E-state index contributed by atoms with van der Waals surface area (Å²) >= 11 is 0. The average Bonchev–Trinajstić information content (AvgIpc) is 3.91. The third-order valence-electron chi connectivity index (χ3n) is 14.0. The Labute approximate surface area is 387 Å². The molecule has 0 spiro atoms. The maximum atomic E-state index is 14.1. The molecule has 0 unspecified atom stereocenters. The lowest BCUT2D eigenvalue weighted by molar-refractivity contribution is -0.137. The van der Waals surface area contributed by atoms with Crippen molar-refractivity contribution in [3.63, 3.8) is 0 Å². The minimum atomic E-state index is -4.48. The first-order valence-corrected chi connectivity index (χ1v) is 23.3. The molecule has 8 aromatic carbocycles. The molecule has 0 aliphatic heterocycles. The number of fused-ring (bicyclic) bond motifs is 4. The molecule has 0 bridgehead atoms. The molecule has 4 nitrogen and oxygen atoms in total. The van der Waals surface area contributed by atoms with Gasteiger partial charge in [0.25, 0.3) is 0 Å². The Morgan fingerprint density at radius 1 is 0.627 bits per heavy atom. The van der Waals surface area contributed by atoms with Gasteiger partial charge in [-0.1, -0.05) is 138 Å². The summed E-state index contributed by atoms with van der Waals surface area (Å²) < 4.78 is 56.1. The smallest absolute Gasteiger partial charge is 0.416 e. The first-order chi connectivity index (χ1) is 32.3. The number of anilines is 4. The minimum Gasteiger partial charge on any atom is -0.454 e. The number of para-hydroxylation sites is 3. The first kappa shape index (κ1) is 42.4. The number of hydrogen-bond acceptors (Lipinski definition) is 4. The number of rotatable bonds is 8. The molecule has 2 heterocycles. The van der Waals surface area contributed by atoms with Gasteiger partial charge < -0.3 is 18.6 Å². The lowest BCUT2D eigenvalue weighted by atomic mass is 9.90. The molecule has 1 atom stereocenters. The van der Waals surface area contributed by atoms with Crippen LogP contribution in [0, 0.1) is 5.92 Å². The van der Waals surface area contributed by atoms with E-state index in [-0.39, 0.29) is 17.8 Å². The van der Waals surface area contributed by atoms with Crippen LogP contribution in [0.4, 0.5) is 35.9 Å². The highest BCUT2D eigenvalue weighted by atomic mass is 19.4. The molecule has 0 N–H and O–H groups in total. The van der Waals surface area contributed by atoms with Crippen LogP contribution in [-0.4, -0.2) is 0 Å². The van der Waals surface area contributed by atoms with E-state index in [1.165, 1.54) is 11.3 Å². The van der Waals surface area contributed by atoms with Crippen molar-refractivity contribution in [3.8, 4) is 0 Å². The van der Waals surface area contributed by atoms with Crippen molar-refractivity contribution in [3.05, 3.63) is 179 Å². The molecule has 0 saturated carbocycles. The van der Waals surface area contributed by atoms with E-state index in [9.17, 15) is 13.2 Å². The summed E-state index contributed by atoms with van der Waals surface area (Å²) in [6, 6.07) is 42.0. The van der Waals surface area contributed by atoms with Crippen LogP contribution in [0.2, 0.25) is 0 Å². The van der Waals surface area contributed by atoms with E-state index in [2.05, 4.69) is 172 Å². The summed E-state index contributed by atoms with van der Waals surface area (Å²) in [5.74, 6) is 0.727. The number of halogens is 3. The molecular formula is C60H51F3N2O2. The number of furan rings is 2. The predicted octanol–water partition coefficient (Wildman–Crippen LogP) is 16.9. The van der Waals surface area contributed by atoms with E-state index < -0.39 is 11.7 Å². The lowest BCUT2D eigenvalue weighted by Crippen LogP contribution is -2.29. The molecule has 11 rings (SSSR count). The number of hydrogen-bond donors (Lipinski definition) is 0. The Hall–Kier alpha value is -7.25. The zero-order chi connectivity index (χ0) is 46.5. The van der Waals surface area contributed by atoms with Crippen molar-refractivity contribution >= 4 is 99.7 Å². The monoisotopic (exact) mass is 888 g/mol. The van der Waals surface area contributed by atoms with Crippen LogP contribution in [-0.2, 0) is 6.18 Å². The Morgan fingerprint density at radius 2 is 1.19 bits per heavy atom. The van der Waals surface area contributed by atoms with Gasteiger partial charge in [0, 0.05) is 49.5 Å². The SMILES string of the molecule is C/C=c1\c(=C(/C)N(c2ccc(C(F)(F)F)cc2)c2ccc3ccc4c(N(C5=CC=CC[C@H]5C)c5cccc6c5oc5c(C(C)C)cccc56)ccc5ccc2c3c54)oc2c(C(C)C)cccc12. The molecule has 0 amide bonds. The Morgan fingerprint density at radius 3 is 1.81 bits per heavy atom. The summed E-state index contributed by atoms with van der Waals surface area (Å²) in [6.07, 6.45) is 5.10. The van der Waals surface area contributed by atoms with Crippen LogP contribution in [0.25, 0.3) is 77.0 Å². The second-order valence-electron chi connectivity index (χ2n) is 18.7. The van der Waals surface area contributed by atoms with E-state index in [0.29, 0.717) is 11.1 Å². The van der Waals surface area contributed by atoms with Gasteiger partial charge in [0.2, 0.25) is 0 Å². The van der Waals surface area contributed by atoms with E-state index in [1.54, 1.807) is 12.1 Å². The number of allylic oxidation sites excluding steroid dienone is 4. The zero-order valence-electron chi connectivity index (χ0n) is 38.7. The summed E-state index contributed by atoms with van der Waals surface area (Å²) in [5.41, 5.74) is 10.2. The Bertz CT molecular complexity index is 3770. The largest absolute Gasteiger partial charge is 0.454 e. The molecular weight excluding hydrogens is 838 g/mol. The summed E-state index contributed by atoms with van der Waals surface area (Å²) in [5, 5.41) is 10.5. The minimum absolute atomic E-state index is 0.218. The van der Waals surface area contributed by atoms with Gasteiger partial charge in [-0.15, -0.1) is 0 Å². The standard InChI is InChI=1S/C60H51F3N2O2/c1-8-42-45-17-11-15-43(34(2)3)57(45)66-56(42)37(7)64(41-28-26-40(27-29-41)60(61,62)63)51-32-24-38-23-31-49-52(33-25-39-22-30-48(51)54(38)55(39)49)65(50-20-10-9-14-36(50)6)53-21-13-19-47-46-18-12-16-44(35(4)5)58(46)67-59(47)53/h8-13,15-36H,14H2,1-7H3/b42-8-,56-37-/t36-/m1/s1. The van der Waals surface area contributed by atoms with E-state index in [1.807, 2.05) is 13.8 Å². The second kappa shape index (κ2) is 16.0. The van der Waals surface area contributed by atoms with Gasteiger partial charge in [0.1, 0.15) is 11.2 Å². The van der Waals surface area contributed by atoms with Crippen LogP contribution in [0.3, 0.4) is 0 Å². The highest BCUT2D eigenvalue weighted by molar-refractivity contribution is 6.28. The summed E-state index contributed by atoms with van der Waals surface area (Å²) in [4.78, 5) is 4.47. The van der Waals surface area contributed by atoms with Crippen molar-refractivity contribution in [1.82, 2.24) is 0 Å². The molecule has 0 radical (unpaired) electrons. The molecule has 10 aromatic rings. The Kier molecular flexibility index (Phi) is 10.1. The second-order valence-corrected chi connectivity index (χ2v) is 18.7. The molecule has 1 aliphatic carbocycles. The molecule has 2 aromatic heterocycles. The maximum absolute atomic E-state index is 14.1. The predicted molar refractivity (Wildman–Crippen MR) is 273 cm³/mol. The number of nitrogens with zero attached hydrogens (tertiary/aromatic N) is 2. The molecule has 334 valence electrons. The van der Waals surface area contributed by atoms with Gasteiger partial charge >= 0.3 is 6.18 Å². The fourth-order valence-electron chi connectivity index (χ4n) is 10.6. The molecule has 7 heteroatoms.